The summed E-state index contributed by atoms with van der Waals surface area (Å²) >= 11 is 0. The Kier molecular flexibility index (Phi) is 8.98. The van der Waals surface area contributed by atoms with E-state index in [0.717, 1.165) is 35.9 Å². The number of alkyl halides is 3. The lowest BCUT2D eigenvalue weighted by Gasteiger charge is -2.12. The first kappa shape index (κ1) is 29.6. The quantitative estimate of drug-likeness (QED) is 0.290. The van der Waals surface area contributed by atoms with Crippen LogP contribution in [0.5, 0.6) is 0 Å². The molecular weight excluding hydrogens is 530 g/mol. The molecule has 2 heterocycles. The Balaban J connectivity index is 0.000000230. The molecule has 0 radical (unpaired) electrons. The molecule has 2 aromatic carbocycles. The topological polar surface area (TPSA) is 74.8 Å². The maximum Gasteiger partial charge on any atom is 0.422 e. The third-order valence-electron chi connectivity index (χ3n) is 6.14. The largest absolute Gasteiger partial charge is 0.422 e. The molecule has 2 aliphatic heterocycles. The number of allylic oxidation sites excluding steroid dienone is 1. The molecule has 2 aliphatic rings. The highest BCUT2D eigenvalue weighted by Crippen LogP contribution is 2.39. The highest BCUT2D eigenvalue weighted by atomic mass is 19.4. The second-order valence-corrected chi connectivity index (χ2v) is 8.81. The van der Waals surface area contributed by atoms with Crippen molar-refractivity contribution in [3.63, 3.8) is 0 Å². The fourth-order valence-corrected chi connectivity index (χ4v) is 4.13. The highest BCUT2D eigenvalue weighted by Gasteiger charge is 2.41. The van der Waals surface area contributed by atoms with Crippen molar-refractivity contribution in [3.05, 3.63) is 76.1 Å². The molecule has 39 heavy (non-hydrogen) atoms. The van der Waals surface area contributed by atoms with E-state index in [1.165, 1.54) is 17.0 Å². The Morgan fingerprint density at radius 3 is 1.56 bits per heavy atom. The predicted molar refractivity (Wildman–Crippen MR) is 129 cm³/mol. The molecule has 0 atom stereocenters. The lowest BCUT2D eigenvalue weighted by atomic mass is 10.0. The van der Waals surface area contributed by atoms with E-state index >= 15 is 0 Å². The fourth-order valence-electron chi connectivity index (χ4n) is 4.13. The first-order valence-electron chi connectivity index (χ1n) is 12.1. The second kappa shape index (κ2) is 11.8. The summed E-state index contributed by atoms with van der Waals surface area (Å²) in [6.07, 6.45) is -5.22. The predicted octanol–water partition coefficient (Wildman–Crippen LogP) is 6.47. The van der Waals surface area contributed by atoms with Crippen molar-refractivity contribution in [1.82, 2.24) is 9.80 Å². The van der Waals surface area contributed by atoms with Crippen LogP contribution in [-0.4, -0.2) is 52.7 Å². The Labute approximate surface area is 219 Å². The van der Waals surface area contributed by atoms with Gasteiger partial charge in [-0.2, -0.15) is 22.0 Å². The van der Waals surface area contributed by atoms with Crippen LogP contribution in [0.1, 0.15) is 86.5 Å². The van der Waals surface area contributed by atoms with Gasteiger partial charge >= 0.3 is 6.18 Å². The Bertz CT molecular complexity index is 1350. The third kappa shape index (κ3) is 6.04. The van der Waals surface area contributed by atoms with Crippen molar-refractivity contribution >= 4 is 29.2 Å². The summed E-state index contributed by atoms with van der Waals surface area (Å²) in [6.45, 7) is 4.38. The summed E-state index contributed by atoms with van der Waals surface area (Å²) in [5, 5.41) is 0. The van der Waals surface area contributed by atoms with E-state index in [-0.39, 0.29) is 35.0 Å². The average Bonchev–Trinajstić information content (AvgIpc) is 3.24. The van der Waals surface area contributed by atoms with Gasteiger partial charge in [-0.3, -0.25) is 29.0 Å². The van der Waals surface area contributed by atoms with Gasteiger partial charge in [0.05, 0.1) is 22.3 Å². The van der Waals surface area contributed by atoms with E-state index in [1.807, 2.05) is 13.8 Å². The van der Waals surface area contributed by atoms with Crippen LogP contribution in [-0.2, 0) is 0 Å². The molecule has 0 fully saturated rings. The van der Waals surface area contributed by atoms with Crippen LogP contribution in [0.2, 0.25) is 0 Å². The van der Waals surface area contributed by atoms with E-state index in [1.54, 1.807) is 0 Å². The van der Waals surface area contributed by atoms with Crippen LogP contribution in [0, 0.1) is 5.82 Å². The van der Waals surface area contributed by atoms with Crippen LogP contribution in [0.25, 0.3) is 5.57 Å². The van der Waals surface area contributed by atoms with Crippen molar-refractivity contribution in [3.8, 4) is 0 Å². The molecule has 2 aromatic rings. The van der Waals surface area contributed by atoms with Gasteiger partial charge in [0.1, 0.15) is 11.4 Å². The highest BCUT2D eigenvalue weighted by molar-refractivity contribution is 6.22. The van der Waals surface area contributed by atoms with Gasteiger partial charge in [0.2, 0.25) is 0 Å². The third-order valence-corrected chi connectivity index (χ3v) is 6.14. The molecule has 6 nitrogen and oxygen atoms in total. The van der Waals surface area contributed by atoms with Gasteiger partial charge in [-0.05, 0) is 48.7 Å². The molecule has 4 amide bonds. The number of carbonyl (C=O) groups is 4. The van der Waals surface area contributed by atoms with E-state index < -0.39 is 41.0 Å². The Morgan fingerprint density at radius 1 is 0.692 bits per heavy atom. The molecule has 0 aromatic heterocycles. The molecule has 0 unspecified atom stereocenters. The number of amides is 4. The number of rotatable bonds is 7. The van der Waals surface area contributed by atoms with Crippen molar-refractivity contribution < 1.29 is 45.5 Å². The summed E-state index contributed by atoms with van der Waals surface area (Å²) in [5.41, 5.74) is -2.81. The second-order valence-electron chi connectivity index (χ2n) is 8.81. The van der Waals surface area contributed by atoms with Gasteiger partial charge < -0.3 is 0 Å². The van der Waals surface area contributed by atoms with Crippen LogP contribution < -0.4 is 0 Å². The van der Waals surface area contributed by atoms with Crippen molar-refractivity contribution in [2.24, 2.45) is 0 Å². The molecule has 4 rings (SSSR count). The number of fused-ring (bicyclic) bond motifs is 2. The minimum absolute atomic E-state index is 0.0735. The van der Waals surface area contributed by atoms with E-state index in [0.29, 0.717) is 31.0 Å². The minimum atomic E-state index is -5.26. The molecule has 0 saturated carbocycles. The van der Waals surface area contributed by atoms with Gasteiger partial charge in [-0.1, -0.05) is 32.8 Å². The molecule has 0 saturated heterocycles. The molecule has 0 spiro atoms. The monoisotopic (exact) mass is 554 g/mol. The normalized spacial score (nSPS) is 14.4. The van der Waals surface area contributed by atoms with Crippen molar-refractivity contribution in [2.75, 3.05) is 13.1 Å². The van der Waals surface area contributed by atoms with E-state index in [9.17, 15) is 45.5 Å². The number of imide groups is 2. The first-order valence-corrected chi connectivity index (χ1v) is 12.1. The number of halogens is 6. The summed E-state index contributed by atoms with van der Waals surface area (Å²) in [5.74, 6) is -2.57. The van der Waals surface area contributed by atoms with Gasteiger partial charge in [0, 0.05) is 13.1 Å². The number of unbranched alkanes of at least 4 members (excludes halogenated alkanes) is 2. The van der Waals surface area contributed by atoms with Gasteiger partial charge in [-0.15, -0.1) is 0 Å². The summed E-state index contributed by atoms with van der Waals surface area (Å²) in [6, 6.07) is 6.15. The number of carbonyl (C=O) groups excluding carboxylic acids is 4. The molecule has 0 N–H and O–H groups in total. The molecule has 0 bridgehead atoms. The smallest absolute Gasteiger partial charge is 0.274 e. The maximum absolute atomic E-state index is 13.0. The Hall–Kier alpha value is -3.96. The zero-order chi connectivity index (χ0) is 29.1. The van der Waals surface area contributed by atoms with Crippen LogP contribution in [0.15, 0.2) is 42.5 Å². The SMILES string of the molecule is CCCCN1C(=O)c2ccc(C(=C(F)F)C(F)(F)F)cc2C1=O.CCCCN1C(=O)c2ccc(F)cc2C1=O. The number of benzene rings is 2. The number of hydrogen-bond donors (Lipinski definition) is 0. The van der Waals surface area contributed by atoms with Crippen molar-refractivity contribution in [1.29, 1.82) is 0 Å². The van der Waals surface area contributed by atoms with Gasteiger partial charge in [-0.25, -0.2) is 4.39 Å². The lowest BCUT2D eigenvalue weighted by molar-refractivity contribution is -0.0711. The summed E-state index contributed by atoms with van der Waals surface area (Å²) < 4.78 is 76.4. The molecule has 0 aliphatic carbocycles. The van der Waals surface area contributed by atoms with Crippen LogP contribution >= 0.6 is 0 Å². The lowest BCUT2D eigenvalue weighted by Crippen LogP contribution is -2.30. The van der Waals surface area contributed by atoms with Gasteiger partial charge in [0.25, 0.3) is 29.7 Å². The van der Waals surface area contributed by atoms with E-state index in [4.69, 9.17) is 0 Å². The van der Waals surface area contributed by atoms with Crippen LogP contribution in [0.3, 0.4) is 0 Å². The minimum Gasteiger partial charge on any atom is -0.274 e. The molecular formula is C27H24F6N2O4. The Morgan fingerprint density at radius 2 is 1.13 bits per heavy atom. The first-order chi connectivity index (χ1) is 18.3. The zero-order valence-corrected chi connectivity index (χ0v) is 21.0. The average molecular weight is 554 g/mol. The van der Waals surface area contributed by atoms with Crippen molar-refractivity contribution in [2.45, 2.75) is 45.7 Å². The maximum atomic E-state index is 13.0. The standard InChI is InChI=1S/C15H12F5NO2.C12H12FNO2/c1-2-3-6-21-13(22)9-5-4-8(7-10(9)14(21)23)11(12(16)17)15(18,19)20;1-2-3-6-14-11(15)9-5-4-8(13)7-10(9)12(14)16/h4-5,7H,2-3,6H2,1H3;4-5,7H,2-3,6H2,1H3. The van der Waals surface area contributed by atoms with Crippen LogP contribution in [0.4, 0.5) is 26.3 Å². The number of nitrogens with zero attached hydrogens (tertiary/aromatic N) is 2. The van der Waals surface area contributed by atoms with Gasteiger partial charge in [0.15, 0.2) is 0 Å². The zero-order valence-electron chi connectivity index (χ0n) is 21.0. The molecule has 208 valence electrons. The number of hydrogen-bond acceptors (Lipinski definition) is 4. The molecule has 12 heteroatoms. The summed E-state index contributed by atoms with van der Waals surface area (Å²) in [4.78, 5) is 49.9. The summed E-state index contributed by atoms with van der Waals surface area (Å²) in [7, 11) is 0. The fraction of sp³-hybridized carbons (Fsp3) is 0.333. The van der Waals surface area contributed by atoms with E-state index in [2.05, 4.69) is 0 Å².